The molecule has 0 bridgehead atoms. The molecule has 1 aliphatic heterocycles. The van der Waals surface area contributed by atoms with Crippen LogP contribution in [-0.4, -0.2) is 40.8 Å². The minimum absolute atomic E-state index is 0.0742. The summed E-state index contributed by atoms with van der Waals surface area (Å²) in [5, 5.41) is 2.88. The molecule has 0 aliphatic carbocycles. The van der Waals surface area contributed by atoms with E-state index in [9.17, 15) is 9.59 Å². The number of benzene rings is 2. The zero-order chi connectivity index (χ0) is 20.8. The van der Waals surface area contributed by atoms with Gasteiger partial charge in [0.05, 0.1) is 12.8 Å². The molecule has 1 N–H and O–H groups in total. The Morgan fingerprint density at radius 3 is 2.59 bits per heavy atom. The Balaban J connectivity index is 1.71. The standard InChI is InChI=1S/C21H20IN3O3S/c1-3-12-25-20(27)18(13-19(26)23-15-6-4-14(22)5-7-15)29-21(25)24-16-8-10-17(28-2)11-9-16/h3-11,18H,1,12-13H2,2H3,(H,23,26). The molecule has 1 atom stereocenters. The molecule has 2 aromatic rings. The fourth-order valence-corrected chi connectivity index (χ4v) is 4.23. The van der Waals surface area contributed by atoms with E-state index < -0.39 is 5.25 Å². The number of anilines is 1. The lowest BCUT2D eigenvalue weighted by Gasteiger charge is -2.14. The second kappa shape index (κ2) is 9.93. The Bertz CT molecular complexity index is 929. The Morgan fingerprint density at radius 2 is 1.97 bits per heavy atom. The van der Waals surface area contributed by atoms with E-state index in [1.54, 1.807) is 18.1 Å². The first-order chi connectivity index (χ1) is 14.0. The molecule has 2 aromatic carbocycles. The summed E-state index contributed by atoms with van der Waals surface area (Å²) in [6.07, 6.45) is 1.72. The van der Waals surface area contributed by atoms with Crippen molar-refractivity contribution in [3.63, 3.8) is 0 Å². The number of amides is 2. The van der Waals surface area contributed by atoms with E-state index in [1.807, 2.05) is 48.5 Å². The lowest BCUT2D eigenvalue weighted by Crippen LogP contribution is -2.33. The van der Waals surface area contributed by atoms with Crippen LogP contribution in [0.5, 0.6) is 5.75 Å². The molecular weight excluding hydrogens is 501 g/mol. The lowest BCUT2D eigenvalue weighted by atomic mass is 10.2. The highest BCUT2D eigenvalue weighted by atomic mass is 127. The maximum absolute atomic E-state index is 12.8. The third-order valence-electron chi connectivity index (χ3n) is 4.13. The fraction of sp³-hybridized carbons (Fsp3) is 0.190. The first kappa shape index (κ1) is 21.4. The zero-order valence-electron chi connectivity index (χ0n) is 15.8. The summed E-state index contributed by atoms with van der Waals surface area (Å²) in [4.78, 5) is 31.4. The van der Waals surface area contributed by atoms with Crippen LogP contribution in [0.15, 0.2) is 66.2 Å². The van der Waals surface area contributed by atoms with Gasteiger partial charge < -0.3 is 10.1 Å². The van der Waals surface area contributed by atoms with Gasteiger partial charge in [0, 0.05) is 22.2 Å². The Labute approximate surface area is 187 Å². The minimum Gasteiger partial charge on any atom is -0.497 e. The molecule has 1 heterocycles. The molecule has 1 unspecified atom stereocenters. The Kier molecular flexibility index (Phi) is 7.32. The van der Waals surface area contributed by atoms with Crippen molar-refractivity contribution < 1.29 is 14.3 Å². The largest absolute Gasteiger partial charge is 0.497 e. The van der Waals surface area contributed by atoms with Crippen molar-refractivity contribution in [2.75, 3.05) is 19.0 Å². The summed E-state index contributed by atoms with van der Waals surface area (Å²) in [7, 11) is 1.60. The minimum atomic E-state index is -0.518. The summed E-state index contributed by atoms with van der Waals surface area (Å²) in [6.45, 7) is 4.06. The van der Waals surface area contributed by atoms with Gasteiger partial charge in [-0.3, -0.25) is 14.5 Å². The van der Waals surface area contributed by atoms with Crippen LogP contribution in [0.4, 0.5) is 11.4 Å². The molecule has 1 aliphatic rings. The number of carbonyl (C=O) groups excluding carboxylic acids is 2. The highest BCUT2D eigenvalue weighted by Gasteiger charge is 2.38. The third kappa shape index (κ3) is 5.60. The van der Waals surface area contributed by atoms with E-state index in [0.717, 1.165) is 9.32 Å². The Hall–Kier alpha value is -2.33. The number of nitrogens with one attached hydrogen (secondary N) is 1. The van der Waals surface area contributed by atoms with Crippen molar-refractivity contribution in [2.45, 2.75) is 11.7 Å². The number of hydrogen-bond acceptors (Lipinski definition) is 5. The number of nitrogens with zero attached hydrogens (tertiary/aromatic N) is 2. The molecule has 1 saturated heterocycles. The van der Waals surface area contributed by atoms with E-state index in [0.29, 0.717) is 23.1 Å². The monoisotopic (exact) mass is 521 g/mol. The van der Waals surface area contributed by atoms with Gasteiger partial charge in [0.2, 0.25) is 11.8 Å². The number of halogens is 1. The van der Waals surface area contributed by atoms with Crippen LogP contribution in [0, 0.1) is 3.57 Å². The van der Waals surface area contributed by atoms with Crippen LogP contribution < -0.4 is 10.1 Å². The van der Waals surface area contributed by atoms with E-state index >= 15 is 0 Å². The van der Waals surface area contributed by atoms with E-state index in [-0.39, 0.29) is 18.2 Å². The van der Waals surface area contributed by atoms with Crippen molar-refractivity contribution in [3.05, 3.63) is 64.8 Å². The normalized spacial score (nSPS) is 17.4. The molecular formula is C21H20IN3O3S. The summed E-state index contributed by atoms with van der Waals surface area (Å²) in [5.74, 6) is 0.387. The lowest BCUT2D eigenvalue weighted by molar-refractivity contribution is -0.127. The summed E-state index contributed by atoms with van der Waals surface area (Å²) >= 11 is 3.50. The smallest absolute Gasteiger partial charge is 0.242 e. The van der Waals surface area contributed by atoms with Crippen molar-refractivity contribution in [3.8, 4) is 5.75 Å². The highest BCUT2D eigenvalue weighted by Crippen LogP contribution is 2.32. The number of ether oxygens (including phenoxy) is 1. The van der Waals surface area contributed by atoms with Crippen LogP contribution >= 0.6 is 34.4 Å². The highest BCUT2D eigenvalue weighted by molar-refractivity contribution is 14.1. The SMILES string of the molecule is C=CCN1C(=O)C(CC(=O)Nc2ccc(I)cc2)SC1=Nc1ccc(OC)cc1. The quantitative estimate of drug-likeness (QED) is 0.432. The van der Waals surface area contributed by atoms with Crippen molar-refractivity contribution in [1.29, 1.82) is 0 Å². The molecule has 0 spiro atoms. The first-order valence-electron chi connectivity index (χ1n) is 8.87. The molecule has 1 fully saturated rings. The van der Waals surface area contributed by atoms with Gasteiger partial charge in [-0.05, 0) is 71.1 Å². The third-order valence-corrected chi connectivity index (χ3v) is 6.02. The van der Waals surface area contributed by atoms with Gasteiger partial charge in [-0.1, -0.05) is 17.8 Å². The average Bonchev–Trinajstić information content (AvgIpc) is 2.99. The van der Waals surface area contributed by atoms with E-state index in [2.05, 4.69) is 39.5 Å². The van der Waals surface area contributed by atoms with Crippen molar-refractivity contribution in [1.82, 2.24) is 4.90 Å². The molecule has 6 nitrogen and oxygen atoms in total. The molecule has 8 heteroatoms. The predicted molar refractivity (Wildman–Crippen MR) is 126 cm³/mol. The number of aliphatic imine (C=N–C) groups is 1. The number of methoxy groups -OCH3 is 1. The van der Waals surface area contributed by atoms with Gasteiger partial charge in [0.25, 0.3) is 0 Å². The fourth-order valence-electron chi connectivity index (χ4n) is 2.70. The number of amidine groups is 1. The number of hydrogen-bond donors (Lipinski definition) is 1. The number of rotatable bonds is 7. The molecule has 29 heavy (non-hydrogen) atoms. The topological polar surface area (TPSA) is 71.0 Å². The van der Waals surface area contributed by atoms with E-state index in [1.165, 1.54) is 11.8 Å². The van der Waals surface area contributed by atoms with Crippen molar-refractivity contribution >= 4 is 62.7 Å². The predicted octanol–water partition coefficient (Wildman–Crippen LogP) is 4.45. The second-order valence-corrected chi connectivity index (χ2v) is 8.61. The van der Waals surface area contributed by atoms with Crippen LogP contribution in [0.2, 0.25) is 0 Å². The van der Waals surface area contributed by atoms with Gasteiger partial charge in [0.1, 0.15) is 11.0 Å². The van der Waals surface area contributed by atoms with Gasteiger partial charge in [-0.25, -0.2) is 4.99 Å². The molecule has 0 aromatic heterocycles. The number of thioether (sulfide) groups is 1. The molecule has 0 saturated carbocycles. The summed E-state index contributed by atoms with van der Waals surface area (Å²) < 4.78 is 6.24. The zero-order valence-corrected chi connectivity index (χ0v) is 18.8. The molecule has 2 amide bonds. The maximum Gasteiger partial charge on any atom is 0.242 e. The summed E-state index contributed by atoms with van der Waals surface area (Å²) in [6, 6.07) is 14.8. The van der Waals surface area contributed by atoms with Crippen LogP contribution in [0.3, 0.4) is 0 Å². The van der Waals surface area contributed by atoms with Crippen molar-refractivity contribution in [2.24, 2.45) is 4.99 Å². The van der Waals surface area contributed by atoms with Gasteiger partial charge >= 0.3 is 0 Å². The first-order valence-corrected chi connectivity index (χ1v) is 10.8. The Morgan fingerprint density at radius 1 is 1.28 bits per heavy atom. The average molecular weight is 521 g/mol. The molecule has 3 rings (SSSR count). The van der Waals surface area contributed by atoms with Gasteiger partial charge in [-0.2, -0.15) is 0 Å². The van der Waals surface area contributed by atoms with Gasteiger partial charge in [-0.15, -0.1) is 6.58 Å². The van der Waals surface area contributed by atoms with Gasteiger partial charge in [0.15, 0.2) is 5.17 Å². The molecule has 0 radical (unpaired) electrons. The summed E-state index contributed by atoms with van der Waals surface area (Å²) in [5.41, 5.74) is 1.42. The maximum atomic E-state index is 12.8. The molecule has 150 valence electrons. The van der Waals surface area contributed by atoms with E-state index in [4.69, 9.17) is 4.74 Å². The van der Waals surface area contributed by atoms with Crippen LogP contribution in [0.1, 0.15) is 6.42 Å². The second-order valence-electron chi connectivity index (χ2n) is 6.20. The van der Waals surface area contributed by atoms with Crippen LogP contribution in [-0.2, 0) is 9.59 Å². The number of carbonyl (C=O) groups is 2. The van der Waals surface area contributed by atoms with Crippen LogP contribution in [0.25, 0.3) is 0 Å².